The minimum absolute atomic E-state index is 0.0862. The van der Waals surface area contributed by atoms with Crippen molar-refractivity contribution in [2.45, 2.75) is 32.7 Å². The number of rotatable bonds is 6. The topological polar surface area (TPSA) is 58.2 Å². The van der Waals surface area contributed by atoms with Gasteiger partial charge in [-0.1, -0.05) is 56.3 Å². The van der Waals surface area contributed by atoms with Crippen molar-refractivity contribution < 1.29 is 9.59 Å². The van der Waals surface area contributed by atoms with E-state index in [4.69, 9.17) is 0 Å². The molecule has 0 radical (unpaired) electrons. The van der Waals surface area contributed by atoms with E-state index in [0.29, 0.717) is 22.7 Å². The molecular formula is C25H26N2O2. The zero-order chi connectivity index (χ0) is 20.8. The average molecular weight is 386 g/mol. The number of nitrogens with one attached hydrogen (secondary N) is 2. The Morgan fingerprint density at radius 2 is 1.21 bits per heavy atom. The fraction of sp³-hybridized carbons (Fsp3) is 0.200. The lowest BCUT2D eigenvalue weighted by Gasteiger charge is -2.14. The lowest BCUT2D eigenvalue weighted by molar-refractivity contribution is 0.0939. The lowest BCUT2D eigenvalue weighted by atomic mass is 10.0. The molecule has 2 amide bonds. The van der Waals surface area contributed by atoms with E-state index in [1.807, 2.05) is 61.5 Å². The van der Waals surface area contributed by atoms with Crippen molar-refractivity contribution in [1.82, 2.24) is 5.32 Å². The molecule has 3 aromatic carbocycles. The van der Waals surface area contributed by atoms with Crippen LogP contribution in [0.3, 0.4) is 0 Å². The monoisotopic (exact) mass is 386 g/mol. The van der Waals surface area contributed by atoms with Crippen LogP contribution in [0.25, 0.3) is 0 Å². The van der Waals surface area contributed by atoms with E-state index >= 15 is 0 Å². The second-order valence-corrected chi connectivity index (χ2v) is 7.41. The predicted octanol–water partition coefficient (Wildman–Crippen LogP) is 5.55. The summed E-state index contributed by atoms with van der Waals surface area (Å²) in [4.78, 5) is 24.9. The first kappa shape index (κ1) is 20.3. The van der Waals surface area contributed by atoms with Crippen molar-refractivity contribution in [2.75, 3.05) is 5.32 Å². The number of anilines is 1. The Hall–Kier alpha value is -3.40. The third-order valence-electron chi connectivity index (χ3n) is 4.89. The molecular weight excluding hydrogens is 360 g/mol. The van der Waals surface area contributed by atoms with Gasteiger partial charge in [0.05, 0.1) is 6.04 Å². The normalized spacial score (nSPS) is 11.7. The summed E-state index contributed by atoms with van der Waals surface area (Å²) >= 11 is 0. The standard InChI is InChI=1S/C25H26N2O2/c1-17(2)19-9-11-21(12-10-19)25(29)27-23-15-13-22(14-16-23)24(28)26-18(3)20-7-5-4-6-8-20/h4-18H,1-3H3,(H,26,28)(H,27,29). The van der Waals surface area contributed by atoms with Crippen molar-refractivity contribution >= 4 is 17.5 Å². The fourth-order valence-electron chi connectivity index (χ4n) is 3.03. The lowest BCUT2D eigenvalue weighted by Crippen LogP contribution is -2.26. The van der Waals surface area contributed by atoms with E-state index in [1.165, 1.54) is 5.56 Å². The van der Waals surface area contributed by atoms with E-state index in [2.05, 4.69) is 24.5 Å². The Morgan fingerprint density at radius 3 is 1.79 bits per heavy atom. The Labute approximate surface area is 172 Å². The highest BCUT2D eigenvalue weighted by molar-refractivity contribution is 6.04. The molecule has 0 heterocycles. The molecule has 0 fully saturated rings. The van der Waals surface area contributed by atoms with Gasteiger partial charge in [-0.05, 0) is 60.4 Å². The van der Waals surface area contributed by atoms with E-state index in [9.17, 15) is 9.59 Å². The number of carbonyl (C=O) groups is 2. The van der Waals surface area contributed by atoms with Crippen LogP contribution in [-0.4, -0.2) is 11.8 Å². The smallest absolute Gasteiger partial charge is 0.255 e. The number of carbonyl (C=O) groups excluding carboxylic acids is 2. The van der Waals surface area contributed by atoms with Gasteiger partial charge < -0.3 is 10.6 Å². The van der Waals surface area contributed by atoms with Crippen molar-refractivity contribution in [3.63, 3.8) is 0 Å². The summed E-state index contributed by atoms with van der Waals surface area (Å²) in [6.45, 7) is 6.19. The molecule has 1 unspecified atom stereocenters. The van der Waals surface area contributed by atoms with Gasteiger partial charge in [-0.15, -0.1) is 0 Å². The molecule has 0 aliphatic heterocycles. The number of benzene rings is 3. The van der Waals surface area contributed by atoms with Crippen LogP contribution in [0.1, 0.15) is 64.6 Å². The molecule has 0 bridgehead atoms. The summed E-state index contributed by atoms with van der Waals surface area (Å²) in [5.74, 6) is 0.106. The zero-order valence-corrected chi connectivity index (χ0v) is 17.0. The molecule has 0 aliphatic rings. The van der Waals surface area contributed by atoms with Crippen molar-refractivity contribution in [2.24, 2.45) is 0 Å². The van der Waals surface area contributed by atoms with Gasteiger partial charge in [-0.3, -0.25) is 9.59 Å². The van der Waals surface area contributed by atoms with Crippen LogP contribution in [0.5, 0.6) is 0 Å². The predicted molar refractivity (Wildman–Crippen MR) is 117 cm³/mol. The van der Waals surface area contributed by atoms with Crippen LogP contribution in [-0.2, 0) is 0 Å². The van der Waals surface area contributed by atoms with Crippen LogP contribution < -0.4 is 10.6 Å². The molecule has 0 saturated heterocycles. The number of hydrogen-bond donors (Lipinski definition) is 2. The van der Waals surface area contributed by atoms with Gasteiger partial charge in [0.25, 0.3) is 11.8 Å². The first-order valence-corrected chi connectivity index (χ1v) is 9.81. The van der Waals surface area contributed by atoms with Gasteiger partial charge in [0, 0.05) is 16.8 Å². The summed E-state index contributed by atoms with van der Waals surface area (Å²) in [5.41, 5.74) is 4.05. The zero-order valence-electron chi connectivity index (χ0n) is 17.0. The number of amides is 2. The maximum Gasteiger partial charge on any atom is 0.255 e. The van der Waals surface area contributed by atoms with E-state index in [-0.39, 0.29) is 17.9 Å². The van der Waals surface area contributed by atoms with E-state index in [0.717, 1.165) is 5.56 Å². The fourth-order valence-corrected chi connectivity index (χ4v) is 3.03. The van der Waals surface area contributed by atoms with Gasteiger partial charge in [-0.2, -0.15) is 0 Å². The molecule has 2 N–H and O–H groups in total. The van der Waals surface area contributed by atoms with Gasteiger partial charge in [0.15, 0.2) is 0 Å². The molecule has 0 spiro atoms. The SMILES string of the molecule is CC(C)c1ccc(C(=O)Nc2ccc(C(=O)NC(C)c3ccccc3)cc2)cc1. The number of hydrogen-bond acceptors (Lipinski definition) is 2. The Balaban J connectivity index is 1.60. The van der Waals surface area contributed by atoms with Crippen LogP contribution in [0.2, 0.25) is 0 Å². The van der Waals surface area contributed by atoms with Gasteiger partial charge >= 0.3 is 0 Å². The highest BCUT2D eigenvalue weighted by Crippen LogP contribution is 2.17. The van der Waals surface area contributed by atoms with Crippen LogP contribution >= 0.6 is 0 Å². The summed E-state index contributed by atoms with van der Waals surface area (Å²) in [5, 5.41) is 5.86. The van der Waals surface area contributed by atoms with Crippen LogP contribution in [0.4, 0.5) is 5.69 Å². The van der Waals surface area contributed by atoms with Crippen molar-refractivity contribution in [1.29, 1.82) is 0 Å². The maximum absolute atomic E-state index is 12.5. The molecule has 4 heteroatoms. The Bertz CT molecular complexity index is 962. The molecule has 0 aliphatic carbocycles. The van der Waals surface area contributed by atoms with Crippen molar-refractivity contribution in [3.05, 3.63) is 101 Å². The molecule has 0 saturated carbocycles. The largest absolute Gasteiger partial charge is 0.346 e. The summed E-state index contributed by atoms with van der Waals surface area (Å²) in [7, 11) is 0. The minimum atomic E-state index is -0.171. The second-order valence-electron chi connectivity index (χ2n) is 7.41. The van der Waals surface area contributed by atoms with Gasteiger partial charge in [0.1, 0.15) is 0 Å². The highest BCUT2D eigenvalue weighted by atomic mass is 16.2. The Kier molecular flexibility index (Phi) is 6.45. The molecule has 3 rings (SSSR count). The minimum Gasteiger partial charge on any atom is -0.346 e. The molecule has 1 atom stereocenters. The summed E-state index contributed by atoms with van der Waals surface area (Å²) < 4.78 is 0. The first-order chi connectivity index (χ1) is 13.9. The third-order valence-corrected chi connectivity index (χ3v) is 4.89. The molecule has 3 aromatic rings. The second kappa shape index (κ2) is 9.20. The first-order valence-electron chi connectivity index (χ1n) is 9.81. The molecule has 148 valence electrons. The van der Waals surface area contributed by atoms with Gasteiger partial charge in [-0.25, -0.2) is 0 Å². The average Bonchev–Trinajstić information content (AvgIpc) is 2.74. The summed E-state index contributed by atoms with van der Waals surface area (Å²) in [6, 6.07) is 24.2. The maximum atomic E-state index is 12.5. The highest BCUT2D eigenvalue weighted by Gasteiger charge is 2.12. The quantitative estimate of drug-likeness (QED) is 0.583. The Morgan fingerprint density at radius 1 is 0.655 bits per heavy atom. The van der Waals surface area contributed by atoms with E-state index < -0.39 is 0 Å². The van der Waals surface area contributed by atoms with Crippen LogP contribution in [0, 0.1) is 0 Å². The van der Waals surface area contributed by atoms with Crippen molar-refractivity contribution in [3.8, 4) is 0 Å². The summed E-state index contributed by atoms with van der Waals surface area (Å²) in [6.07, 6.45) is 0. The molecule has 4 nitrogen and oxygen atoms in total. The van der Waals surface area contributed by atoms with E-state index in [1.54, 1.807) is 24.3 Å². The molecule has 0 aromatic heterocycles. The molecule has 29 heavy (non-hydrogen) atoms. The van der Waals surface area contributed by atoms with Crippen LogP contribution in [0.15, 0.2) is 78.9 Å². The van der Waals surface area contributed by atoms with Gasteiger partial charge in [0.2, 0.25) is 0 Å². The third kappa shape index (κ3) is 5.32.